The van der Waals surface area contributed by atoms with Gasteiger partial charge in [-0.15, -0.1) is 0 Å². The Morgan fingerprint density at radius 2 is 2.19 bits per heavy atom. The summed E-state index contributed by atoms with van der Waals surface area (Å²) < 4.78 is 13.7. The van der Waals surface area contributed by atoms with Crippen molar-refractivity contribution < 1.29 is 14.0 Å². The Morgan fingerprint density at radius 3 is 2.86 bits per heavy atom. The number of benzene rings is 1. The van der Waals surface area contributed by atoms with Crippen LogP contribution in [0.3, 0.4) is 0 Å². The van der Waals surface area contributed by atoms with Crippen LogP contribution in [-0.4, -0.2) is 29.3 Å². The van der Waals surface area contributed by atoms with E-state index in [-0.39, 0.29) is 17.6 Å². The molecule has 2 atom stereocenters. The van der Waals surface area contributed by atoms with Crippen LogP contribution in [0.15, 0.2) is 36.9 Å². The highest BCUT2D eigenvalue weighted by Gasteiger charge is 2.33. The number of rotatable bonds is 4. The molecule has 0 aromatic heterocycles. The van der Waals surface area contributed by atoms with Crippen LogP contribution >= 0.6 is 0 Å². The Morgan fingerprint density at radius 1 is 1.48 bits per heavy atom. The maximum atomic E-state index is 13.7. The van der Waals surface area contributed by atoms with E-state index in [2.05, 4.69) is 11.9 Å². The van der Waals surface area contributed by atoms with E-state index in [0.29, 0.717) is 18.5 Å². The molecule has 0 radical (unpaired) electrons. The molecule has 21 heavy (non-hydrogen) atoms. The van der Waals surface area contributed by atoms with Crippen LogP contribution < -0.4 is 5.32 Å². The fourth-order valence-corrected chi connectivity index (χ4v) is 2.63. The second-order valence-corrected chi connectivity index (χ2v) is 5.15. The van der Waals surface area contributed by atoms with E-state index >= 15 is 0 Å². The largest absolute Gasteiger partial charge is 0.348 e. The Balaban J connectivity index is 2.06. The smallest absolute Gasteiger partial charge is 0.246 e. The molecule has 0 bridgehead atoms. The summed E-state index contributed by atoms with van der Waals surface area (Å²) in [6.45, 7) is 5.73. The quantitative estimate of drug-likeness (QED) is 0.864. The van der Waals surface area contributed by atoms with Crippen LogP contribution in [0.25, 0.3) is 0 Å². The van der Waals surface area contributed by atoms with E-state index in [4.69, 9.17) is 0 Å². The van der Waals surface area contributed by atoms with E-state index in [0.717, 1.165) is 6.42 Å². The molecule has 1 heterocycles. The minimum Gasteiger partial charge on any atom is -0.348 e. The minimum absolute atomic E-state index is 0.244. The fraction of sp³-hybridized carbons (Fsp3) is 0.375. The van der Waals surface area contributed by atoms with E-state index in [1.54, 1.807) is 25.1 Å². The highest BCUT2D eigenvalue weighted by atomic mass is 19.1. The summed E-state index contributed by atoms with van der Waals surface area (Å²) in [5.74, 6) is -0.847. The summed E-state index contributed by atoms with van der Waals surface area (Å²) in [5, 5.41) is 2.78. The van der Waals surface area contributed by atoms with Gasteiger partial charge in [0.25, 0.3) is 0 Å². The molecule has 1 aromatic carbocycles. The molecule has 1 aliphatic heterocycles. The van der Waals surface area contributed by atoms with Crippen molar-refractivity contribution in [3.05, 3.63) is 48.3 Å². The first-order valence-corrected chi connectivity index (χ1v) is 7.02. The van der Waals surface area contributed by atoms with Gasteiger partial charge in [0.2, 0.25) is 11.8 Å². The van der Waals surface area contributed by atoms with Gasteiger partial charge in [0.15, 0.2) is 0 Å². The van der Waals surface area contributed by atoms with Crippen molar-refractivity contribution in [2.45, 2.75) is 31.8 Å². The number of amides is 2. The van der Waals surface area contributed by atoms with Crippen molar-refractivity contribution in [2.75, 3.05) is 6.54 Å². The van der Waals surface area contributed by atoms with Gasteiger partial charge in [0, 0.05) is 12.1 Å². The van der Waals surface area contributed by atoms with E-state index in [1.807, 2.05) is 0 Å². The molecule has 2 rings (SSSR count). The number of halogens is 1. The van der Waals surface area contributed by atoms with Crippen LogP contribution in [0.4, 0.5) is 4.39 Å². The molecule has 5 heteroatoms. The summed E-state index contributed by atoms with van der Waals surface area (Å²) in [6.07, 6.45) is 2.62. The van der Waals surface area contributed by atoms with Gasteiger partial charge in [0.1, 0.15) is 11.9 Å². The monoisotopic (exact) mass is 290 g/mol. The van der Waals surface area contributed by atoms with Crippen molar-refractivity contribution in [1.29, 1.82) is 0 Å². The number of nitrogens with one attached hydrogen (secondary N) is 1. The zero-order valence-corrected chi connectivity index (χ0v) is 12.0. The van der Waals surface area contributed by atoms with Gasteiger partial charge in [-0.2, -0.15) is 0 Å². The summed E-state index contributed by atoms with van der Waals surface area (Å²) in [6, 6.07) is 5.39. The van der Waals surface area contributed by atoms with E-state index in [9.17, 15) is 14.0 Å². The third kappa shape index (κ3) is 3.29. The molecule has 1 unspecified atom stereocenters. The Kier molecular flexibility index (Phi) is 4.73. The highest BCUT2D eigenvalue weighted by Crippen LogP contribution is 2.20. The summed E-state index contributed by atoms with van der Waals surface area (Å²) in [5.41, 5.74) is 0.436. The topological polar surface area (TPSA) is 49.4 Å². The molecule has 1 aliphatic rings. The van der Waals surface area contributed by atoms with Crippen molar-refractivity contribution in [3.8, 4) is 0 Å². The third-order valence-electron chi connectivity index (χ3n) is 3.74. The van der Waals surface area contributed by atoms with Crippen molar-refractivity contribution in [2.24, 2.45) is 0 Å². The van der Waals surface area contributed by atoms with Gasteiger partial charge >= 0.3 is 0 Å². The van der Waals surface area contributed by atoms with Gasteiger partial charge < -0.3 is 10.2 Å². The second kappa shape index (κ2) is 6.52. The van der Waals surface area contributed by atoms with Gasteiger partial charge in [-0.3, -0.25) is 9.59 Å². The van der Waals surface area contributed by atoms with Gasteiger partial charge in [0.05, 0.1) is 6.04 Å². The Labute approximate surface area is 123 Å². The first-order valence-electron chi connectivity index (χ1n) is 7.02. The summed E-state index contributed by atoms with van der Waals surface area (Å²) in [7, 11) is 0. The van der Waals surface area contributed by atoms with Crippen LogP contribution in [0.1, 0.15) is 31.4 Å². The van der Waals surface area contributed by atoms with Gasteiger partial charge in [-0.25, -0.2) is 4.39 Å². The third-order valence-corrected chi connectivity index (χ3v) is 3.74. The number of carbonyl (C=O) groups excluding carboxylic acids is 2. The first kappa shape index (κ1) is 15.2. The lowest BCUT2D eigenvalue weighted by Crippen LogP contribution is -2.46. The number of likely N-dealkylation sites (tertiary alicyclic amines) is 1. The minimum atomic E-state index is -0.496. The number of carbonyl (C=O) groups is 2. The molecule has 0 aliphatic carbocycles. The highest BCUT2D eigenvalue weighted by molar-refractivity contribution is 5.93. The van der Waals surface area contributed by atoms with Crippen LogP contribution in [0.2, 0.25) is 0 Å². The molecule has 1 saturated heterocycles. The summed E-state index contributed by atoms with van der Waals surface area (Å²) >= 11 is 0. The van der Waals surface area contributed by atoms with Crippen LogP contribution in [0, 0.1) is 5.82 Å². The lowest BCUT2D eigenvalue weighted by atomic mass is 10.1. The average Bonchev–Trinajstić information content (AvgIpc) is 2.96. The Bertz CT molecular complexity index is 559. The van der Waals surface area contributed by atoms with E-state index < -0.39 is 12.1 Å². The maximum Gasteiger partial charge on any atom is 0.246 e. The molecular formula is C16H19FN2O2. The fourth-order valence-electron chi connectivity index (χ4n) is 2.63. The van der Waals surface area contributed by atoms with Gasteiger partial charge in [-0.1, -0.05) is 24.8 Å². The lowest BCUT2D eigenvalue weighted by Gasteiger charge is -2.24. The van der Waals surface area contributed by atoms with Crippen LogP contribution in [0.5, 0.6) is 0 Å². The number of hydrogen-bond acceptors (Lipinski definition) is 2. The van der Waals surface area contributed by atoms with E-state index in [1.165, 1.54) is 17.0 Å². The predicted octanol–water partition coefficient (Wildman–Crippen LogP) is 2.18. The zero-order chi connectivity index (χ0) is 15.4. The zero-order valence-electron chi connectivity index (χ0n) is 12.0. The Hall–Kier alpha value is -2.17. The SMILES string of the molecule is C=CC(=O)N1CCCC1C(=O)N[C@H](C)c1ccccc1F. The van der Waals surface area contributed by atoms with Crippen molar-refractivity contribution in [3.63, 3.8) is 0 Å². The predicted molar refractivity (Wildman–Crippen MR) is 77.9 cm³/mol. The lowest BCUT2D eigenvalue weighted by molar-refractivity contribution is -0.135. The standard InChI is InChI=1S/C16H19FN2O2/c1-3-15(20)19-10-6-9-14(19)16(21)18-11(2)12-7-4-5-8-13(12)17/h3-5,7-8,11,14H,1,6,9-10H2,2H3,(H,18,21)/t11-,14?/m1/s1. The first-order chi connectivity index (χ1) is 10.0. The number of nitrogens with zero attached hydrogens (tertiary/aromatic N) is 1. The van der Waals surface area contributed by atoms with Crippen molar-refractivity contribution >= 4 is 11.8 Å². The molecule has 112 valence electrons. The van der Waals surface area contributed by atoms with Crippen molar-refractivity contribution in [1.82, 2.24) is 10.2 Å². The molecule has 2 amide bonds. The molecular weight excluding hydrogens is 271 g/mol. The van der Waals surface area contributed by atoms with Crippen LogP contribution in [-0.2, 0) is 9.59 Å². The molecule has 0 saturated carbocycles. The average molecular weight is 290 g/mol. The second-order valence-electron chi connectivity index (χ2n) is 5.15. The molecule has 4 nitrogen and oxygen atoms in total. The van der Waals surface area contributed by atoms with Gasteiger partial charge in [-0.05, 0) is 31.9 Å². The normalized spacial score (nSPS) is 19.1. The molecule has 1 N–H and O–H groups in total. The number of hydrogen-bond donors (Lipinski definition) is 1. The summed E-state index contributed by atoms with van der Waals surface area (Å²) in [4.78, 5) is 25.5. The maximum absolute atomic E-state index is 13.7. The molecule has 0 spiro atoms. The molecule has 1 fully saturated rings. The molecule has 1 aromatic rings.